The minimum absolute atomic E-state index is 0.00271. The first-order chi connectivity index (χ1) is 10.1. The summed E-state index contributed by atoms with van der Waals surface area (Å²) in [5, 5.41) is 9.17. The Morgan fingerprint density at radius 3 is 2.76 bits per heavy atom. The number of nitrogens with zero attached hydrogens (tertiary/aromatic N) is 2. The largest absolute Gasteiger partial charge is 0.394 e. The molecule has 0 aromatic heterocycles. The molecule has 1 saturated heterocycles. The van der Waals surface area contributed by atoms with Crippen LogP contribution in [0.4, 0.5) is 5.69 Å². The van der Waals surface area contributed by atoms with Gasteiger partial charge in [-0.05, 0) is 26.0 Å². The standard InChI is InChI=1S/C16H24N2O3/c1-13(2)18(14-6-4-3-5-7-14)16(20)11-17-8-9-21-15(10-17)12-19/h3-7,13,15,19H,8-12H2,1-2H3. The summed E-state index contributed by atoms with van der Waals surface area (Å²) in [7, 11) is 0. The van der Waals surface area contributed by atoms with E-state index in [1.54, 1.807) is 0 Å². The topological polar surface area (TPSA) is 53.0 Å². The molecule has 1 heterocycles. The predicted molar refractivity (Wildman–Crippen MR) is 82.3 cm³/mol. The van der Waals surface area contributed by atoms with E-state index in [9.17, 15) is 9.90 Å². The highest BCUT2D eigenvalue weighted by Crippen LogP contribution is 2.17. The van der Waals surface area contributed by atoms with Crippen molar-refractivity contribution in [2.45, 2.75) is 26.0 Å². The fourth-order valence-electron chi connectivity index (χ4n) is 2.62. The van der Waals surface area contributed by atoms with E-state index < -0.39 is 0 Å². The molecule has 1 N–H and O–H groups in total. The fourth-order valence-corrected chi connectivity index (χ4v) is 2.62. The molecule has 1 fully saturated rings. The van der Waals surface area contributed by atoms with Gasteiger partial charge in [-0.2, -0.15) is 0 Å². The van der Waals surface area contributed by atoms with Crippen LogP contribution in [-0.4, -0.2) is 60.9 Å². The molecule has 1 aromatic carbocycles. The molecule has 0 aliphatic carbocycles. The molecule has 5 heteroatoms. The quantitative estimate of drug-likeness (QED) is 0.883. The van der Waals surface area contributed by atoms with Gasteiger partial charge in [0, 0.05) is 24.8 Å². The predicted octanol–water partition coefficient (Wildman–Crippen LogP) is 1.12. The first-order valence-corrected chi connectivity index (χ1v) is 7.43. The maximum atomic E-state index is 12.6. The Morgan fingerprint density at radius 1 is 1.43 bits per heavy atom. The van der Waals surface area contributed by atoms with Crippen LogP contribution < -0.4 is 4.90 Å². The second-order valence-electron chi connectivity index (χ2n) is 5.60. The lowest BCUT2D eigenvalue weighted by Crippen LogP contribution is -2.50. The van der Waals surface area contributed by atoms with Crippen LogP contribution in [0.2, 0.25) is 0 Å². The normalized spacial score (nSPS) is 19.7. The maximum Gasteiger partial charge on any atom is 0.241 e. The molecule has 5 nitrogen and oxygen atoms in total. The minimum atomic E-state index is -0.184. The molecule has 116 valence electrons. The van der Waals surface area contributed by atoms with Crippen molar-refractivity contribution in [1.29, 1.82) is 0 Å². The maximum absolute atomic E-state index is 12.6. The van der Waals surface area contributed by atoms with E-state index in [0.29, 0.717) is 19.7 Å². The average Bonchev–Trinajstić information content (AvgIpc) is 2.48. The number of para-hydroxylation sites is 1. The number of aliphatic hydroxyl groups is 1. The lowest BCUT2D eigenvalue weighted by Gasteiger charge is -2.34. The van der Waals surface area contributed by atoms with Crippen molar-refractivity contribution < 1.29 is 14.6 Å². The summed E-state index contributed by atoms with van der Waals surface area (Å²) in [4.78, 5) is 16.5. The molecule has 21 heavy (non-hydrogen) atoms. The van der Waals surface area contributed by atoms with Crippen LogP contribution in [-0.2, 0) is 9.53 Å². The van der Waals surface area contributed by atoms with E-state index >= 15 is 0 Å². The number of morpholine rings is 1. The molecule has 0 spiro atoms. The van der Waals surface area contributed by atoms with E-state index in [2.05, 4.69) is 0 Å². The monoisotopic (exact) mass is 292 g/mol. The summed E-state index contributed by atoms with van der Waals surface area (Å²) in [6, 6.07) is 9.83. The van der Waals surface area contributed by atoms with Crippen molar-refractivity contribution in [3.63, 3.8) is 0 Å². The van der Waals surface area contributed by atoms with Crippen molar-refractivity contribution in [3.05, 3.63) is 30.3 Å². The first kappa shape index (κ1) is 15.9. The van der Waals surface area contributed by atoms with E-state index in [1.165, 1.54) is 0 Å². The summed E-state index contributed by atoms with van der Waals surface area (Å²) in [5.41, 5.74) is 0.921. The zero-order valence-corrected chi connectivity index (χ0v) is 12.7. The number of rotatable bonds is 5. The van der Waals surface area contributed by atoms with Gasteiger partial charge < -0.3 is 14.7 Å². The Bertz CT molecular complexity index is 450. The zero-order valence-electron chi connectivity index (χ0n) is 12.7. The van der Waals surface area contributed by atoms with Crippen molar-refractivity contribution in [3.8, 4) is 0 Å². The number of carbonyl (C=O) groups is 1. The number of amides is 1. The third-order valence-corrected chi connectivity index (χ3v) is 3.60. The molecule has 1 aliphatic heterocycles. The first-order valence-electron chi connectivity index (χ1n) is 7.43. The highest BCUT2D eigenvalue weighted by Gasteiger charge is 2.25. The van der Waals surface area contributed by atoms with Crippen molar-refractivity contribution in [2.75, 3.05) is 37.7 Å². The van der Waals surface area contributed by atoms with Gasteiger partial charge in [-0.3, -0.25) is 9.69 Å². The number of hydrogen-bond acceptors (Lipinski definition) is 4. The molecule has 1 atom stereocenters. The Hall–Kier alpha value is -1.43. The molecular weight excluding hydrogens is 268 g/mol. The highest BCUT2D eigenvalue weighted by molar-refractivity contribution is 5.95. The SMILES string of the molecule is CC(C)N(C(=O)CN1CCOC(CO)C1)c1ccccc1. The van der Waals surface area contributed by atoms with Crippen LogP contribution in [0.3, 0.4) is 0 Å². The molecule has 1 unspecified atom stereocenters. The summed E-state index contributed by atoms with van der Waals surface area (Å²) in [5.74, 6) is 0.0785. The van der Waals surface area contributed by atoms with Crippen molar-refractivity contribution in [1.82, 2.24) is 4.90 Å². The molecule has 0 radical (unpaired) electrons. The highest BCUT2D eigenvalue weighted by atomic mass is 16.5. The van der Waals surface area contributed by atoms with Crippen LogP contribution in [0.1, 0.15) is 13.8 Å². The Labute approximate surface area is 126 Å². The Kier molecular flexibility index (Phi) is 5.73. The van der Waals surface area contributed by atoms with Crippen LogP contribution in [0.15, 0.2) is 30.3 Å². The summed E-state index contributed by atoms with van der Waals surface area (Å²) < 4.78 is 5.41. The fraction of sp³-hybridized carbons (Fsp3) is 0.562. The third-order valence-electron chi connectivity index (χ3n) is 3.60. The molecule has 1 aromatic rings. The molecule has 2 rings (SSSR count). The minimum Gasteiger partial charge on any atom is -0.394 e. The van der Waals surface area contributed by atoms with Crippen LogP contribution in [0.25, 0.3) is 0 Å². The Morgan fingerprint density at radius 2 is 2.14 bits per heavy atom. The number of ether oxygens (including phenoxy) is 1. The van der Waals surface area contributed by atoms with Gasteiger partial charge in [-0.15, -0.1) is 0 Å². The van der Waals surface area contributed by atoms with Gasteiger partial charge in [0.05, 0.1) is 25.9 Å². The number of aliphatic hydroxyl groups excluding tert-OH is 1. The number of hydrogen-bond donors (Lipinski definition) is 1. The van der Waals surface area contributed by atoms with E-state index in [-0.39, 0.29) is 24.7 Å². The van der Waals surface area contributed by atoms with Gasteiger partial charge in [0.1, 0.15) is 0 Å². The van der Waals surface area contributed by atoms with Gasteiger partial charge in [0.2, 0.25) is 5.91 Å². The van der Waals surface area contributed by atoms with Gasteiger partial charge in [0.15, 0.2) is 0 Å². The summed E-state index contributed by atoms with van der Waals surface area (Å²) in [6.07, 6.45) is -0.184. The third kappa shape index (κ3) is 4.27. The number of anilines is 1. The smallest absolute Gasteiger partial charge is 0.241 e. The summed E-state index contributed by atoms with van der Waals surface area (Å²) >= 11 is 0. The summed E-state index contributed by atoms with van der Waals surface area (Å²) in [6.45, 7) is 6.27. The second kappa shape index (κ2) is 7.54. The van der Waals surface area contributed by atoms with Gasteiger partial charge in [-0.1, -0.05) is 18.2 Å². The van der Waals surface area contributed by atoms with Gasteiger partial charge >= 0.3 is 0 Å². The number of carbonyl (C=O) groups excluding carboxylic acids is 1. The lowest BCUT2D eigenvalue weighted by molar-refractivity contribution is -0.122. The van der Waals surface area contributed by atoms with Crippen molar-refractivity contribution in [2.24, 2.45) is 0 Å². The van der Waals surface area contributed by atoms with E-state index in [0.717, 1.165) is 12.2 Å². The van der Waals surface area contributed by atoms with Gasteiger partial charge in [-0.25, -0.2) is 0 Å². The van der Waals surface area contributed by atoms with Crippen LogP contribution >= 0.6 is 0 Å². The van der Waals surface area contributed by atoms with Gasteiger partial charge in [0.25, 0.3) is 0 Å². The van der Waals surface area contributed by atoms with Crippen molar-refractivity contribution >= 4 is 11.6 Å². The van der Waals surface area contributed by atoms with E-state index in [4.69, 9.17) is 4.74 Å². The molecule has 1 aliphatic rings. The average molecular weight is 292 g/mol. The lowest BCUT2D eigenvalue weighted by atomic mass is 10.2. The Balaban J connectivity index is 2.02. The van der Waals surface area contributed by atoms with Crippen LogP contribution in [0.5, 0.6) is 0 Å². The second-order valence-corrected chi connectivity index (χ2v) is 5.60. The van der Waals surface area contributed by atoms with E-state index in [1.807, 2.05) is 54.0 Å². The molecule has 0 bridgehead atoms. The number of benzene rings is 1. The molecular formula is C16H24N2O3. The molecule has 0 saturated carbocycles. The molecule has 1 amide bonds. The zero-order chi connectivity index (χ0) is 15.2. The van der Waals surface area contributed by atoms with Crippen LogP contribution in [0, 0.1) is 0 Å².